The van der Waals surface area contributed by atoms with E-state index in [9.17, 15) is 4.79 Å². The van der Waals surface area contributed by atoms with E-state index < -0.39 is 0 Å². The van der Waals surface area contributed by atoms with E-state index in [0.29, 0.717) is 24.5 Å². The highest BCUT2D eigenvalue weighted by Gasteiger charge is 2.10. The van der Waals surface area contributed by atoms with E-state index in [-0.39, 0.29) is 5.97 Å². The Hall–Kier alpha value is -1.55. The van der Waals surface area contributed by atoms with Crippen molar-refractivity contribution in [2.24, 2.45) is 0 Å². The van der Waals surface area contributed by atoms with Crippen molar-refractivity contribution in [1.82, 2.24) is 0 Å². The van der Waals surface area contributed by atoms with E-state index in [0.717, 1.165) is 31.4 Å². The number of hydrogen-bond donors (Lipinski definition) is 0. The van der Waals surface area contributed by atoms with Crippen LogP contribution in [0, 0.1) is 6.92 Å². The summed E-state index contributed by atoms with van der Waals surface area (Å²) in [5.41, 5.74) is 1.43. The predicted octanol–water partition coefficient (Wildman–Crippen LogP) is 3.37. The first-order valence-corrected chi connectivity index (χ1v) is 7.08. The van der Waals surface area contributed by atoms with Crippen molar-refractivity contribution in [3.8, 4) is 5.75 Å². The van der Waals surface area contributed by atoms with Crippen molar-refractivity contribution in [2.75, 3.05) is 26.9 Å². The number of benzene rings is 1. The van der Waals surface area contributed by atoms with Crippen LogP contribution in [0.4, 0.5) is 0 Å². The van der Waals surface area contributed by atoms with E-state index in [4.69, 9.17) is 14.2 Å². The number of aryl methyl sites for hydroxylation is 1. The molecular formula is C16H24O4. The summed E-state index contributed by atoms with van der Waals surface area (Å²) in [7, 11) is 1.38. The molecule has 0 unspecified atom stereocenters. The van der Waals surface area contributed by atoms with Gasteiger partial charge in [-0.3, -0.25) is 0 Å². The van der Waals surface area contributed by atoms with Gasteiger partial charge in [0.15, 0.2) is 0 Å². The Kier molecular flexibility index (Phi) is 7.73. The smallest absolute Gasteiger partial charge is 0.338 e. The first kappa shape index (κ1) is 16.5. The molecule has 0 saturated heterocycles. The topological polar surface area (TPSA) is 44.8 Å². The zero-order valence-corrected chi connectivity index (χ0v) is 12.6. The molecule has 0 atom stereocenters. The van der Waals surface area contributed by atoms with Crippen LogP contribution in [-0.4, -0.2) is 32.9 Å². The third-order valence-electron chi connectivity index (χ3n) is 2.96. The van der Waals surface area contributed by atoms with Gasteiger partial charge in [0.1, 0.15) is 5.75 Å². The van der Waals surface area contributed by atoms with Crippen LogP contribution in [0.1, 0.15) is 42.1 Å². The van der Waals surface area contributed by atoms with E-state index in [2.05, 4.69) is 6.92 Å². The van der Waals surface area contributed by atoms with Crippen LogP contribution < -0.4 is 4.74 Å². The molecule has 0 spiro atoms. The van der Waals surface area contributed by atoms with E-state index >= 15 is 0 Å². The zero-order valence-electron chi connectivity index (χ0n) is 12.6. The van der Waals surface area contributed by atoms with Gasteiger partial charge >= 0.3 is 5.97 Å². The van der Waals surface area contributed by atoms with Crippen molar-refractivity contribution in [3.63, 3.8) is 0 Å². The van der Waals surface area contributed by atoms with Gasteiger partial charge in [-0.1, -0.05) is 19.4 Å². The Labute approximate surface area is 121 Å². The standard InChI is InChI=1S/C16H24O4/c1-4-5-9-19-10-6-11-20-14-8-7-13(2)15(12-14)16(17)18-3/h7-8,12H,4-6,9-11H2,1-3H3. The summed E-state index contributed by atoms with van der Waals surface area (Å²) in [5.74, 6) is 0.348. The van der Waals surface area contributed by atoms with Crippen molar-refractivity contribution in [2.45, 2.75) is 33.1 Å². The van der Waals surface area contributed by atoms with Crippen molar-refractivity contribution < 1.29 is 19.0 Å². The molecule has 0 heterocycles. The molecule has 0 radical (unpaired) electrons. The maximum atomic E-state index is 11.6. The van der Waals surface area contributed by atoms with Crippen LogP contribution in [0.3, 0.4) is 0 Å². The average Bonchev–Trinajstić information content (AvgIpc) is 2.47. The summed E-state index contributed by atoms with van der Waals surface area (Å²) < 4.78 is 15.8. The Morgan fingerprint density at radius 3 is 2.60 bits per heavy atom. The maximum Gasteiger partial charge on any atom is 0.338 e. The SMILES string of the molecule is CCCCOCCCOc1ccc(C)c(C(=O)OC)c1. The van der Waals surface area contributed by atoms with E-state index in [1.54, 1.807) is 6.07 Å². The number of ether oxygens (including phenoxy) is 3. The zero-order chi connectivity index (χ0) is 14.8. The second kappa shape index (κ2) is 9.37. The maximum absolute atomic E-state index is 11.6. The van der Waals surface area contributed by atoms with Gasteiger partial charge in [-0.05, 0) is 31.0 Å². The molecule has 0 aliphatic heterocycles. The average molecular weight is 280 g/mol. The molecule has 0 aromatic heterocycles. The fourth-order valence-electron chi connectivity index (χ4n) is 1.72. The first-order valence-electron chi connectivity index (χ1n) is 7.08. The van der Waals surface area contributed by atoms with Crippen molar-refractivity contribution in [1.29, 1.82) is 0 Å². The summed E-state index contributed by atoms with van der Waals surface area (Å²) in [6, 6.07) is 5.44. The molecule has 0 aliphatic carbocycles. The van der Waals surface area contributed by atoms with Crippen molar-refractivity contribution >= 4 is 5.97 Å². The number of hydrogen-bond acceptors (Lipinski definition) is 4. The molecule has 112 valence electrons. The third kappa shape index (κ3) is 5.61. The van der Waals surface area contributed by atoms with Gasteiger partial charge in [-0.2, -0.15) is 0 Å². The monoisotopic (exact) mass is 280 g/mol. The molecule has 0 saturated carbocycles. The molecule has 0 bridgehead atoms. The van der Waals surface area contributed by atoms with Gasteiger partial charge in [-0.15, -0.1) is 0 Å². The summed E-state index contributed by atoms with van der Waals surface area (Å²) in [6.07, 6.45) is 3.09. The van der Waals surface area contributed by atoms with Gasteiger partial charge in [0, 0.05) is 19.6 Å². The second-order valence-electron chi connectivity index (χ2n) is 4.64. The number of esters is 1. The van der Waals surface area contributed by atoms with Crippen LogP contribution in [0.5, 0.6) is 5.75 Å². The molecule has 4 nitrogen and oxygen atoms in total. The van der Waals surface area contributed by atoms with Gasteiger partial charge in [0.2, 0.25) is 0 Å². The minimum absolute atomic E-state index is 0.337. The Morgan fingerprint density at radius 1 is 1.15 bits per heavy atom. The van der Waals surface area contributed by atoms with Crippen LogP contribution in [0.25, 0.3) is 0 Å². The van der Waals surface area contributed by atoms with E-state index in [1.165, 1.54) is 7.11 Å². The third-order valence-corrected chi connectivity index (χ3v) is 2.96. The lowest BCUT2D eigenvalue weighted by atomic mass is 10.1. The molecule has 0 aliphatic rings. The highest BCUT2D eigenvalue weighted by molar-refractivity contribution is 5.91. The second-order valence-corrected chi connectivity index (χ2v) is 4.64. The lowest BCUT2D eigenvalue weighted by Crippen LogP contribution is -2.06. The number of carbonyl (C=O) groups is 1. The number of unbranched alkanes of at least 4 members (excludes halogenated alkanes) is 1. The molecule has 4 heteroatoms. The first-order chi connectivity index (χ1) is 9.69. The lowest BCUT2D eigenvalue weighted by Gasteiger charge is -2.09. The molecular weight excluding hydrogens is 256 g/mol. The molecule has 1 aromatic rings. The molecule has 0 amide bonds. The fourth-order valence-corrected chi connectivity index (χ4v) is 1.72. The van der Waals surface area contributed by atoms with Gasteiger partial charge in [-0.25, -0.2) is 4.79 Å². The Morgan fingerprint density at radius 2 is 1.90 bits per heavy atom. The van der Waals surface area contributed by atoms with Crippen LogP contribution in [0.2, 0.25) is 0 Å². The summed E-state index contributed by atoms with van der Waals surface area (Å²) in [5, 5.41) is 0. The lowest BCUT2D eigenvalue weighted by molar-refractivity contribution is 0.0599. The Balaban J connectivity index is 2.35. The van der Waals surface area contributed by atoms with Crippen LogP contribution in [-0.2, 0) is 9.47 Å². The van der Waals surface area contributed by atoms with Gasteiger partial charge in [0.05, 0.1) is 19.3 Å². The summed E-state index contributed by atoms with van der Waals surface area (Å²) >= 11 is 0. The quantitative estimate of drug-likeness (QED) is 0.514. The highest BCUT2D eigenvalue weighted by atomic mass is 16.5. The molecule has 0 N–H and O–H groups in total. The van der Waals surface area contributed by atoms with Gasteiger partial charge < -0.3 is 14.2 Å². The molecule has 1 rings (SSSR count). The van der Waals surface area contributed by atoms with Crippen LogP contribution >= 0.6 is 0 Å². The van der Waals surface area contributed by atoms with Crippen molar-refractivity contribution in [3.05, 3.63) is 29.3 Å². The largest absolute Gasteiger partial charge is 0.493 e. The number of rotatable bonds is 9. The highest BCUT2D eigenvalue weighted by Crippen LogP contribution is 2.18. The van der Waals surface area contributed by atoms with E-state index in [1.807, 2.05) is 19.1 Å². The number of methoxy groups -OCH3 is 1. The molecule has 1 aromatic carbocycles. The molecule has 0 fully saturated rings. The van der Waals surface area contributed by atoms with Crippen LogP contribution in [0.15, 0.2) is 18.2 Å². The Bertz CT molecular complexity index is 415. The number of carbonyl (C=O) groups excluding carboxylic acids is 1. The molecule has 20 heavy (non-hydrogen) atoms. The summed E-state index contributed by atoms with van der Waals surface area (Å²) in [6.45, 7) is 6.11. The minimum Gasteiger partial charge on any atom is -0.493 e. The summed E-state index contributed by atoms with van der Waals surface area (Å²) in [4.78, 5) is 11.6. The normalized spacial score (nSPS) is 10.3. The van der Waals surface area contributed by atoms with Gasteiger partial charge in [0.25, 0.3) is 0 Å². The minimum atomic E-state index is -0.337. The fraction of sp³-hybridized carbons (Fsp3) is 0.562. The predicted molar refractivity (Wildman–Crippen MR) is 78.4 cm³/mol.